The van der Waals surface area contributed by atoms with Crippen molar-refractivity contribution in [2.24, 2.45) is 0 Å². The molecule has 0 amide bonds. The summed E-state index contributed by atoms with van der Waals surface area (Å²) in [5.41, 5.74) is -2.80. The maximum atomic E-state index is 13.5. The zero-order valence-corrected chi connectivity index (χ0v) is 18.8. The first-order valence-corrected chi connectivity index (χ1v) is 10.2. The largest absolute Gasteiger partial charge is 0.511 e. The van der Waals surface area contributed by atoms with Crippen LogP contribution in [0.1, 0.15) is 30.5 Å². The number of carbonyl (C=O) groups is 1. The van der Waals surface area contributed by atoms with Crippen LogP contribution in [0.2, 0.25) is 0 Å². The molecule has 0 spiro atoms. The molecule has 12 heteroatoms. The molecule has 3 rings (SSSR count). The lowest BCUT2D eigenvalue weighted by atomic mass is 10.0. The topological polar surface area (TPSA) is 109 Å². The van der Waals surface area contributed by atoms with E-state index in [9.17, 15) is 27.6 Å². The molecule has 35 heavy (non-hydrogen) atoms. The second kappa shape index (κ2) is 9.95. The number of ether oxygens (including phenoxy) is 3. The number of aromatic nitrogens is 2. The summed E-state index contributed by atoms with van der Waals surface area (Å²) in [5, 5.41) is 9.08. The van der Waals surface area contributed by atoms with Gasteiger partial charge in [0, 0.05) is 6.07 Å². The fourth-order valence-electron chi connectivity index (χ4n) is 3.64. The van der Waals surface area contributed by atoms with E-state index in [4.69, 9.17) is 14.6 Å². The highest BCUT2D eigenvalue weighted by Gasteiger charge is 2.31. The molecule has 0 saturated carbocycles. The molecule has 1 aromatic heterocycles. The molecule has 2 aromatic carbocycles. The lowest BCUT2D eigenvalue weighted by molar-refractivity contribution is -0.137. The molecule has 0 radical (unpaired) electrons. The third-order valence-electron chi connectivity index (χ3n) is 5.23. The van der Waals surface area contributed by atoms with Crippen molar-refractivity contribution in [3.63, 3.8) is 0 Å². The number of nitrogens with zero attached hydrogens (tertiary/aromatic N) is 2. The molecular weight excluding hydrogens is 473 g/mol. The van der Waals surface area contributed by atoms with Crippen molar-refractivity contribution in [2.75, 3.05) is 14.2 Å². The van der Waals surface area contributed by atoms with Gasteiger partial charge in [-0.15, -0.1) is 0 Å². The highest BCUT2D eigenvalue weighted by molar-refractivity contribution is 5.61. The summed E-state index contributed by atoms with van der Waals surface area (Å²) >= 11 is 0. The van der Waals surface area contributed by atoms with Crippen molar-refractivity contribution in [2.45, 2.75) is 25.6 Å². The van der Waals surface area contributed by atoms with Gasteiger partial charge < -0.3 is 19.3 Å². The average molecular weight is 494 g/mol. The third-order valence-corrected chi connectivity index (χ3v) is 5.23. The highest BCUT2D eigenvalue weighted by Crippen LogP contribution is 2.32. The van der Waals surface area contributed by atoms with E-state index in [1.165, 1.54) is 38.5 Å². The van der Waals surface area contributed by atoms with Gasteiger partial charge in [-0.2, -0.15) is 13.2 Å². The molecule has 0 bridgehead atoms. The van der Waals surface area contributed by atoms with Gasteiger partial charge in [-0.1, -0.05) is 19.1 Å². The summed E-state index contributed by atoms with van der Waals surface area (Å²) in [5.74, 6) is -0.132. The van der Waals surface area contributed by atoms with Crippen molar-refractivity contribution < 1.29 is 37.3 Å². The second-order valence-electron chi connectivity index (χ2n) is 7.28. The van der Waals surface area contributed by atoms with Crippen molar-refractivity contribution in [1.82, 2.24) is 9.13 Å². The summed E-state index contributed by atoms with van der Waals surface area (Å²) in [6.45, 7) is 1.57. The standard InChI is InChI=1S/C23H21F3N2O7/c1-4-16(13-6-5-7-14(10-13)23(24,25)26)28-20(29)19(35-22(31)32)12-27(21(28)30)15-8-9-17(33-2)18(11-15)34-3/h5-12,16H,4H2,1-3H3,(H,31,32). The normalized spacial score (nSPS) is 12.2. The lowest BCUT2D eigenvalue weighted by Crippen LogP contribution is -2.42. The second-order valence-corrected chi connectivity index (χ2v) is 7.28. The van der Waals surface area contributed by atoms with Crippen LogP contribution in [0, 0.1) is 0 Å². The van der Waals surface area contributed by atoms with Crippen LogP contribution in [0.3, 0.4) is 0 Å². The van der Waals surface area contributed by atoms with Crippen LogP contribution in [0.4, 0.5) is 18.0 Å². The van der Waals surface area contributed by atoms with E-state index in [0.717, 1.165) is 29.0 Å². The quantitative estimate of drug-likeness (QED) is 0.493. The monoisotopic (exact) mass is 494 g/mol. The van der Waals surface area contributed by atoms with Gasteiger partial charge in [-0.25, -0.2) is 14.2 Å². The Labute approximate surface area is 196 Å². The van der Waals surface area contributed by atoms with Gasteiger partial charge in [0.1, 0.15) is 0 Å². The zero-order valence-electron chi connectivity index (χ0n) is 18.8. The first kappa shape index (κ1) is 25.4. The zero-order chi connectivity index (χ0) is 25.9. The summed E-state index contributed by atoms with van der Waals surface area (Å²) in [4.78, 5) is 37.7. The van der Waals surface area contributed by atoms with Crippen LogP contribution in [-0.4, -0.2) is 34.6 Å². The van der Waals surface area contributed by atoms with Crippen LogP contribution >= 0.6 is 0 Å². The number of hydrogen-bond acceptors (Lipinski definition) is 6. The van der Waals surface area contributed by atoms with Crippen LogP contribution in [0.25, 0.3) is 5.69 Å². The van der Waals surface area contributed by atoms with E-state index in [1.807, 2.05) is 0 Å². The van der Waals surface area contributed by atoms with E-state index in [1.54, 1.807) is 6.92 Å². The Bertz CT molecular complexity index is 1360. The summed E-state index contributed by atoms with van der Waals surface area (Å²) in [7, 11) is 2.77. The van der Waals surface area contributed by atoms with Crippen molar-refractivity contribution in [3.05, 3.63) is 80.6 Å². The first-order valence-electron chi connectivity index (χ1n) is 10.2. The Kier molecular flexibility index (Phi) is 7.22. The number of hydrogen-bond donors (Lipinski definition) is 1. The van der Waals surface area contributed by atoms with Crippen LogP contribution in [0.15, 0.2) is 58.3 Å². The number of alkyl halides is 3. The van der Waals surface area contributed by atoms with Gasteiger partial charge in [-0.05, 0) is 36.2 Å². The number of methoxy groups -OCH3 is 2. The predicted molar refractivity (Wildman–Crippen MR) is 118 cm³/mol. The predicted octanol–water partition coefficient (Wildman–Crippen LogP) is 4.09. The van der Waals surface area contributed by atoms with Gasteiger partial charge in [-0.3, -0.25) is 9.36 Å². The van der Waals surface area contributed by atoms with Gasteiger partial charge in [0.05, 0.1) is 37.7 Å². The number of rotatable bonds is 7. The number of halogens is 3. The molecule has 0 aliphatic rings. The Morgan fingerprint density at radius 2 is 1.71 bits per heavy atom. The fourth-order valence-corrected chi connectivity index (χ4v) is 3.64. The third kappa shape index (κ3) is 5.15. The first-order chi connectivity index (χ1) is 16.5. The van der Waals surface area contributed by atoms with E-state index in [-0.39, 0.29) is 23.4 Å². The smallest absolute Gasteiger partial charge is 0.493 e. The van der Waals surface area contributed by atoms with Gasteiger partial charge in [0.15, 0.2) is 11.5 Å². The molecule has 1 atom stereocenters. The van der Waals surface area contributed by atoms with E-state index in [2.05, 4.69) is 4.74 Å². The minimum Gasteiger partial charge on any atom is -0.493 e. The Hall–Kier alpha value is -4.22. The summed E-state index contributed by atoms with van der Waals surface area (Å²) < 4.78 is 56.5. The van der Waals surface area contributed by atoms with Crippen molar-refractivity contribution >= 4 is 6.16 Å². The lowest BCUT2D eigenvalue weighted by Gasteiger charge is -2.21. The molecule has 1 heterocycles. The summed E-state index contributed by atoms with van der Waals surface area (Å²) in [6.07, 6.45) is -5.51. The Balaban J connectivity index is 2.31. The average Bonchev–Trinajstić information content (AvgIpc) is 2.82. The molecule has 0 fully saturated rings. The molecule has 0 aliphatic carbocycles. The van der Waals surface area contributed by atoms with E-state index >= 15 is 0 Å². The van der Waals surface area contributed by atoms with Crippen molar-refractivity contribution in [3.8, 4) is 22.9 Å². The minimum atomic E-state index is -4.65. The molecule has 0 saturated heterocycles. The van der Waals surface area contributed by atoms with E-state index in [0.29, 0.717) is 10.3 Å². The number of carboxylic acid groups (broad SMARTS) is 1. The number of benzene rings is 2. The molecule has 1 N–H and O–H groups in total. The highest BCUT2D eigenvalue weighted by atomic mass is 19.4. The SMILES string of the molecule is CCC(c1cccc(C(F)(F)F)c1)n1c(=O)c(OC(=O)O)cn(-c2ccc(OC)c(OC)c2)c1=O. The maximum Gasteiger partial charge on any atom is 0.511 e. The summed E-state index contributed by atoms with van der Waals surface area (Å²) in [6, 6.07) is 7.41. The molecule has 3 aromatic rings. The maximum absolute atomic E-state index is 13.5. The van der Waals surface area contributed by atoms with Gasteiger partial charge in [0.25, 0.3) is 5.56 Å². The Morgan fingerprint density at radius 3 is 2.29 bits per heavy atom. The van der Waals surface area contributed by atoms with Crippen LogP contribution in [-0.2, 0) is 6.18 Å². The minimum absolute atomic E-state index is 0.0351. The molecule has 9 nitrogen and oxygen atoms in total. The molecule has 1 unspecified atom stereocenters. The molecule has 0 aliphatic heterocycles. The molecular formula is C23H21F3N2O7. The van der Waals surface area contributed by atoms with Crippen molar-refractivity contribution in [1.29, 1.82) is 0 Å². The Morgan fingerprint density at radius 1 is 1.03 bits per heavy atom. The van der Waals surface area contributed by atoms with Crippen LogP contribution in [0.5, 0.6) is 17.2 Å². The van der Waals surface area contributed by atoms with Gasteiger partial charge >= 0.3 is 18.0 Å². The van der Waals surface area contributed by atoms with Gasteiger partial charge in [0.2, 0.25) is 5.75 Å². The molecule has 186 valence electrons. The van der Waals surface area contributed by atoms with Crippen LogP contribution < -0.4 is 25.5 Å². The van der Waals surface area contributed by atoms with E-state index < -0.39 is 40.9 Å². The fraction of sp³-hybridized carbons (Fsp3) is 0.261.